The number of para-hydroxylation sites is 2. The van der Waals surface area contributed by atoms with Gasteiger partial charge in [0.2, 0.25) is 0 Å². The molecule has 0 aromatic heterocycles. The fraction of sp³-hybridized carbons (Fsp3) is 0.483. The molecule has 0 aliphatic rings. The second-order valence-corrected chi connectivity index (χ2v) is 9.99. The van der Waals surface area contributed by atoms with Gasteiger partial charge in [-0.25, -0.2) is 0 Å². The molecule has 0 spiro atoms. The molecular formula is C29H44LiN2. The molecule has 2 rings (SSSR count). The minimum absolute atomic E-state index is 0. The van der Waals surface area contributed by atoms with Crippen LogP contribution in [-0.4, -0.2) is 24.9 Å². The summed E-state index contributed by atoms with van der Waals surface area (Å²) in [5, 5.41) is 7.42. The van der Waals surface area contributed by atoms with Crippen LogP contribution < -0.4 is 10.6 Å². The number of hydrogen-bond donors (Lipinski definition) is 2. The van der Waals surface area contributed by atoms with E-state index in [2.05, 4.69) is 122 Å². The van der Waals surface area contributed by atoms with Gasteiger partial charge < -0.3 is 10.6 Å². The molecule has 1 unspecified atom stereocenters. The fourth-order valence-corrected chi connectivity index (χ4v) is 4.19. The molecule has 0 saturated heterocycles. The summed E-state index contributed by atoms with van der Waals surface area (Å²) < 4.78 is 0. The monoisotopic (exact) mass is 427 g/mol. The van der Waals surface area contributed by atoms with Gasteiger partial charge in [-0.15, -0.1) is 0 Å². The van der Waals surface area contributed by atoms with Crippen LogP contribution in [0.25, 0.3) is 0 Å². The number of allylic oxidation sites excluding steroid dienone is 1. The van der Waals surface area contributed by atoms with E-state index in [4.69, 9.17) is 0 Å². The van der Waals surface area contributed by atoms with Gasteiger partial charge in [0.05, 0.1) is 0 Å². The van der Waals surface area contributed by atoms with Gasteiger partial charge in [-0.2, -0.15) is 0 Å². The zero-order chi connectivity index (χ0) is 23.3. The molecule has 32 heavy (non-hydrogen) atoms. The Balaban J connectivity index is 0.00000512. The molecular weight excluding hydrogens is 383 g/mol. The van der Waals surface area contributed by atoms with E-state index in [9.17, 15) is 0 Å². The van der Waals surface area contributed by atoms with Crippen molar-refractivity contribution in [1.29, 1.82) is 0 Å². The first-order valence-corrected chi connectivity index (χ1v) is 11.9. The molecule has 2 nitrogen and oxygen atoms in total. The van der Waals surface area contributed by atoms with Crippen molar-refractivity contribution in [2.24, 2.45) is 0 Å². The fourth-order valence-electron chi connectivity index (χ4n) is 4.19. The van der Waals surface area contributed by atoms with Crippen molar-refractivity contribution in [2.75, 3.05) is 10.6 Å². The predicted molar refractivity (Wildman–Crippen MR) is 147 cm³/mol. The number of rotatable bonds is 9. The molecule has 1 atom stereocenters. The van der Waals surface area contributed by atoms with Crippen molar-refractivity contribution in [3.05, 3.63) is 77.3 Å². The van der Waals surface area contributed by atoms with Crippen molar-refractivity contribution in [1.82, 2.24) is 0 Å². The van der Waals surface area contributed by atoms with Crippen LogP contribution in [0.3, 0.4) is 0 Å². The van der Waals surface area contributed by atoms with Crippen molar-refractivity contribution in [2.45, 2.75) is 92.0 Å². The summed E-state index contributed by atoms with van der Waals surface area (Å²) in [5.74, 6) is 1.86. The first kappa shape index (κ1) is 28.4. The summed E-state index contributed by atoms with van der Waals surface area (Å²) in [5.41, 5.74) is 8.85. The van der Waals surface area contributed by atoms with Gasteiger partial charge in [0.25, 0.3) is 0 Å². The molecule has 2 aromatic rings. The normalized spacial score (nSPS) is 13.0. The van der Waals surface area contributed by atoms with Gasteiger partial charge in [-0.05, 0) is 65.8 Å². The van der Waals surface area contributed by atoms with Gasteiger partial charge in [-0.3, -0.25) is 0 Å². The van der Waals surface area contributed by atoms with Crippen LogP contribution in [0.2, 0.25) is 0 Å². The first-order valence-electron chi connectivity index (χ1n) is 11.9. The van der Waals surface area contributed by atoms with Gasteiger partial charge in [0, 0.05) is 23.1 Å². The second-order valence-electron chi connectivity index (χ2n) is 9.99. The zero-order valence-electron chi connectivity index (χ0n) is 21.1. The van der Waals surface area contributed by atoms with Crippen molar-refractivity contribution < 1.29 is 0 Å². The Kier molecular flexibility index (Phi) is 11.2. The topological polar surface area (TPSA) is 24.1 Å². The van der Waals surface area contributed by atoms with Crippen LogP contribution in [0.15, 0.2) is 48.2 Å². The number of benzene rings is 2. The molecule has 0 aliphatic carbocycles. The van der Waals surface area contributed by atoms with Crippen LogP contribution in [0.4, 0.5) is 11.4 Å². The summed E-state index contributed by atoms with van der Waals surface area (Å²) in [6.07, 6.45) is 2.20. The molecule has 2 aromatic carbocycles. The Morgan fingerprint density at radius 3 is 1.34 bits per heavy atom. The Labute approximate surface area is 209 Å². The number of anilines is 2. The molecule has 171 valence electrons. The van der Waals surface area contributed by atoms with Crippen molar-refractivity contribution in [3.8, 4) is 0 Å². The standard InChI is InChI=1S/C29H43N2.Li.H/c1-18(2)24-13-11-14-25(19(3)4)28(24)30-22(9)17-23(10)31-29-26(20(5)6)15-12-16-27(29)21(7)8;;/h11-21,23,30-31H,9H2,1-8,10H3;;. The summed E-state index contributed by atoms with van der Waals surface area (Å²) in [4.78, 5) is 0. The van der Waals surface area contributed by atoms with Gasteiger partial charge in [0.1, 0.15) is 0 Å². The summed E-state index contributed by atoms with van der Waals surface area (Å²) in [7, 11) is 0. The molecule has 0 bridgehead atoms. The molecule has 0 aliphatic heterocycles. The van der Waals surface area contributed by atoms with Crippen LogP contribution in [0.1, 0.15) is 108 Å². The van der Waals surface area contributed by atoms with E-state index in [0.717, 1.165) is 5.70 Å². The Morgan fingerprint density at radius 1 is 0.656 bits per heavy atom. The maximum absolute atomic E-state index is 4.34. The van der Waals surface area contributed by atoms with Gasteiger partial charge in [-0.1, -0.05) is 91.8 Å². The SMILES string of the molecule is [CH2]C(=CC(C)Nc1c(C(C)C)cccc1C(C)C)Nc1c(C(C)C)cccc1C(C)C.[LiH]. The molecule has 0 amide bonds. The third kappa shape index (κ3) is 7.19. The molecule has 2 N–H and O–H groups in total. The van der Waals surface area contributed by atoms with Crippen LogP contribution in [0.5, 0.6) is 0 Å². The van der Waals surface area contributed by atoms with E-state index < -0.39 is 0 Å². The summed E-state index contributed by atoms with van der Waals surface area (Å²) >= 11 is 0. The Morgan fingerprint density at radius 2 is 1.00 bits per heavy atom. The average Bonchev–Trinajstić information content (AvgIpc) is 2.67. The molecule has 0 saturated carbocycles. The minimum atomic E-state index is 0. The summed E-state index contributed by atoms with van der Waals surface area (Å²) in [6, 6.07) is 13.4. The van der Waals surface area contributed by atoms with E-state index in [0.29, 0.717) is 23.7 Å². The van der Waals surface area contributed by atoms with E-state index in [1.807, 2.05) is 0 Å². The molecule has 0 heterocycles. The predicted octanol–water partition coefficient (Wildman–Crippen LogP) is 8.16. The van der Waals surface area contributed by atoms with Crippen LogP contribution in [-0.2, 0) is 0 Å². The van der Waals surface area contributed by atoms with Crippen molar-refractivity contribution in [3.63, 3.8) is 0 Å². The first-order chi connectivity index (χ1) is 14.5. The third-order valence-corrected chi connectivity index (χ3v) is 5.85. The Hall–Kier alpha value is -1.62. The number of hydrogen-bond acceptors (Lipinski definition) is 2. The maximum atomic E-state index is 4.34. The van der Waals surface area contributed by atoms with E-state index >= 15 is 0 Å². The van der Waals surface area contributed by atoms with Crippen molar-refractivity contribution >= 4 is 30.2 Å². The molecule has 0 fully saturated rings. The van der Waals surface area contributed by atoms with E-state index in [-0.39, 0.29) is 24.9 Å². The van der Waals surface area contributed by atoms with Crippen LogP contribution in [0, 0.1) is 6.92 Å². The average molecular weight is 428 g/mol. The van der Waals surface area contributed by atoms with Gasteiger partial charge >= 0.3 is 18.9 Å². The van der Waals surface area contributed by atoms with E-state index in [1.54, 1.807) is 0 Å². The summed E-state index contributed by atoms with van der Waals surface area (Å²) in [6.45, 7) is 24.6. The molecule has 3 heteroatoms. The van der Waals surface area contributed by atoms with Gasteiger partial charge in [0.15, 0.2) is 0 Å². The second kappa shape index (κ2) is 12.6. The Bertz CT molecular complexity index is 842. The van der Waals surface area contributed by atoms with E-state index in [1.165, 1.54) is 33.6 Å². The number of nitrogens with one attached hydrogen (secondary N) is 2. The quantitative estimate of drug-likeness (QED) is 0.394. The third-order valence-electron chi connectivity index (χ3n) is 5.85. The van der Waals surface area contributed by atoms with Crippen LogP contribution >= 0.6 is 0 Å². The zero-order valence-corrected chi connectivity index (χ0v) is 21.1. The molecule has 1 radical (unpaired) electrons.